The average molecular weight is 433 g/mol. The minimum atomic E-state index is -0.635. The van der Waals surface area contributed by atoms with Crippen molar-refractivity contribution >= 4 is 34.0 Å². The molecule has 0 spiro atoms. The molecule has 7 heteroatoms. The first-order valence-corrected chi connectivity index (χ1v) is 8.99. The summed E-state index contributed by atoms with van der Waals surface area (Å²) in [6.07, 6.45) is 1.43. The van der Waals surface area contributed by atoms with Gasteiger partial charge in [0.1, 0.15) is 11.5 Å². The highest BCUT2D eigenvalue weighted by Gasteiger charge is 2.24. The molecular formula is C20H21BrN2O4. The number of esters is 1. The van der Waals surface area contributed by atoms with Crippen LogP contribution < -0.4 is 14.9 Å². The van der Waals surface area contributed by atoms with E-state index in [1.807, 2.05) is 0 Å². The molecule has 142 valence electrons. The smallest absolute Gasteiger partial charge is 0.316 e. The van der Waals surface area contributed by atoms with Gasteiger partial charge in [0.2, 0.25) is 0 Å². The molecule has 6 nitrogen and oxygen atoms in total. The summed E-state index contributed by atoms with van der Waals surface area (Å²) in [6, 6.07) is 11.8. The maximum absolute atomic E-state index is 12.1. The number of methoxy groups -OCH3 is 1. The summed E-state index contributed by atoms with van der Waals surface area (Å²) < 4.78 is 11.3. The minimum absolute atomic E-state index is 0.359. The van der Waals surface area contributed by atoms with Gasteiger partial charge in [-0.3, -0.25) is 9.59 Å². The lowest BCUT2D eigenvalue weighted by Crippen LogP contribution is -2.26. The first-order chi connectivity index (χ1) is 12.7. The predicted octanol–water partition coefficient (Wildman–Crippen LogP) is 4.17. The van der Waals surface area contributed by atoms with Crippen LogP contribution in [0.4, 0.5) is 0 Å². The molecular weight excluding hydrogens is 412 g/mol. The van der Waals surface area contributed by atoms with Crippen LogP contribution in [0.1, 0.15) is 36.7 Å². The average Bonchev–Trinajstić information content (AvgIpc) is 2.63. The van der Waals surface area contributed by atoms with E-state index in [1.54, 1.807) is 70.3 Å². The van der Waals surface area contributed by atoms with Gasteiger partial charge in [0, 0.05) is 15.6 Å². The minimum Gasteiger partial charge on any atom is -0.497 e. The fourth-order valence-electron chi connectivity index (χ4n) is 1.93. The Balaban J connectivity index is 2.12. The summed E-state index contributed by atoms with van der Waals surface area (Å²) in [7, 11) is 1.56. The number of ether oxygens (including phenoxy) is 2. The van der Waals surface area contributed by atoms with Crippen molar-refractivity contribution in [3.8, 4) is 11.5 Å². The Morgan fingerprint density at radius 3 is 2.37 bits per heavy atom. The Morgan fingerprint density at radius 1 is 1.11 bits per heavy atom. The van der Waals surface area contributed by atoms with E-state index in [0.717, 1.165) is 4.47 Å². The number of rotatable bonds is 5. The second kappa shape index (κ2) is 8.81. The molecule has 0 unspecified atom stereocenters. The van der Waals surface area contributed by atoms with Gasteiger partial charge >= 0.3 is 5.97 Å². The topological polar surface area (TPSA) is 77.0 Å². The number of hydrogen-bond acceptors (Lipinski definition) is 5. The van der Waals surface area contributed by atoms with Crippen LogP contribution in [0.15, 0.2) is 52.0 Å². The molecule has 1 amide bonds. The van der Waals surface area contributed by atoms with Gasteiger partial charge in [-0.05, 0) is 63.2 Å². The molecule has 0 aliphatic heterocycles. The molecule has 27 heavy (non-hydrogen) atoms. The van der Waals surface area contributed by atoms with E-state index in [0.29, 0.717) is 22.6 Å². The fraction of sp³-hybridized carbons (Fsp3) is 0.250. The summed E-state index contributed by atoms with van der Waals surface area (Å²) in [4.78, 5) is 24.3. The molecule has 2 aromatic carbocycles. The van der Waals surface area contributed by atoms with Gasteiger partial charge in [-0.1, -0.05) is 15.9 Å². The van der Waals surface area contributed by atoms with Crippen molar-refractivity contribution in [2.24, 2.45) is 10.5 Å². The lowest BCUT2D eigenvalue weighted by Gasteiger charge is -2.17. The third-order valence-electron chi connectivity index (χ3n) is 3.51. The molecule has 0 saturated heterocycles. The van der Waals surface area contributed by atoms with Crippen molar-refractivity contribution in [3.05, 3.63) is 58.1 Å². The zero-order chi connectivity index (χ0) is 20.0. The molecule has 1 N–H and O–H groups in total. The van der Waals surface area contributed by atoms with Crippen LogP contribution in [0.2, 0.25) is 0 Å². The molecule has 0 radical (unpaired) electrons. The second-order valence-electron chi connectivity index (χ2n) is 6.75. The molecule has 0 heterocycles. The predicted molar refractivity (Wildman–Crippen MR) is 107 cm³/mol. The van der Waals surface area contributed by atoms with Gasteiger partial charge in [-0.15, -0.1) is 0 Å². The van der Waals surface area contributed by atoms with Gasteiger partial charge in [0.25, 0.3) is 5.91 Å². The number of nitrogens with zero attached hydrogens (tertiary/aromatic N) is 1. The summed E-state index contributed by atoms with van der Waals surface area (Å²) in [6.45, 7) is 5.32. The van der Waals surface area contributed by atoms with Gasteiger partial charge in [-0.25, -0.2) is 5.43 Å². The second-order valence-corrected chi connectivity index (χ2v) is 7.66. The van der Waals surface area contributed by atoms with Crippen LogP contribution >= 0.6 is 15.9 Å². The Bertz CT molecular complexity index is 855. The molecule has 0 aliphatic rings. The van der Waals surface area contributed by atoms with Crippen LogP contribution in [-0.4, -0.2) is 25.2 Å². The number of amides is 1. The fourth-order valence-corrected chi connectivity index (χ4v) is 2.31. The summed E-state index contributed by atoms with van der Waals surface area (Å²) >= 11 is 3.37. The SMILES string of the molecule is COc1ccc(C(=O)N/N=C\c2cc(Br)ccc2OC(=O)C(C)(C)C)cc1. The Labute approximate surface area is 166 Å². The maximum Gasteiger partial charge on any atom is 0.316 e. The molecule has 0 bridgehead atoms. The van der Waals surface area contributed by atoms with Crippen LogP contribution in [0.3, 0.4) is 0 Å². The number of carbonyl (C=O) groups is 2. The molecule has 0 aromatic heterocycles. The standard InChI is InChI=1S/C20H21BrN2O4/c1-20(2,3)19(25)27-17-10-7-15(21)11-14(17)12-22-23-18(24)13-5-8-16(26-4)9-6-13/h5-12H,1-4H3,(H,23,24)/b22-12-. The highest BCUT2D eigenvalue weighted by Crippen LogP contribution is 2.25. The number of hydrazone groups is 1. The highest BCUT2D eigenvalue weighted by molar-refractivity contribution is 9.10. The van der Waals surface area contributed by atoms with Crippen LogP contribution in [0.5, 0.6) is 11.5 Å². The molecule has 0 atom stereocenters. The van der Waals surface area contributed by atoms with Crippen molar-refractivity contribution in [2.45, 2.75) is 20.8 Å². The lowest BCUT2D eigenvalue weighted by atomic mass is 9.97. The molecule has 0 fully saturated rings. The quantitative estimate of drug-likeness (QED) is 0.332. The molecule has 2 rings (SSSR count). The zero-order valence-corrected chi connectivity index (χ0v) is 17.2. The molecule has 0 saturated carbocycles. The maximum atomic E-state index is 12.1. The van der Waals surface area contributed by atoms with E-state index >= 15 is 0 Å². The van der Waals surface area contributed by atoms with E-state index in [4.69, 9.17) is 9.47 Å². The van der Waals surface area contributed by atoms with E-state index in [-0.39, 0.29) is 11.9 Å². The lowest BCUT2D eigenvalue weighted by molar-refractivity contribution is -0.143. The van der Waals surface area contributed by atoms with Gasteiger partial charge < -0.3 is 9.47 Å². The third-order valence-corrected chi connectivity index (χ3v) is 4.00. The zero-order valence-electron chi connectivity index (χ0n) is 15.6. The number of halogens is 1. The van der Waals surface area contributed by atoms with Crippen molar-refractivity contribution in [1.29, 1.82) is 0 Å². The van der Waals surface area contributed by atoms with E-state index in [1.165, 1.54) is 6.21 Å². The van der Waals surface area contributed by atoms with Crippen LogP contribution in [0.25, 0.3) is 0 Å². The van der Waals surface area contributed by atoms with E-state index in [2.05, 4.69) is 26.5 Å². The van der Waals surface area contributed by atoms with Crippen molar-refractivity contribution in [2.75, 3.05) is 7.11 Å². The van der Waals surface area contributed by atoms with E-state index in [9.17, 15) is 9.59 Å². The Kier molecular flexibility index (Phi) is 6.74. The molecule has 2 aromatic rings. The summed E-state index contributed by atoms with van der Waals surface area (Å²) in [5.74, 6) is 0.300. The summed E-state index contributed by atoms with van der Waals surface area (Å²) in [5.41, 5.74) is 2.81. The normalized spacial score (nSPS) is 11.3. The van der Waals surface area contributed by atoms with Gasteiger partial charge in [0.05, 0.1) is 18.7 Å². The highest BCUT2D eigenvalue weighted by atomic mass is 79.9. The first-order valence-electron chi connectivity index (χ1n) is 8.20. The number of hydrogen-bond donors (Lipinski definition) is 1. The van der Waals surface area contributed by atoms with Gasteiger partial charge in [-0.2, -0.15) is 5.10 Å². The molecule has 0 aliphatic carbocycles. The Morgan fingerprint density at radius 2 is 1.78 bits per heavy atom. The van der Waals surface area contributed by atoms with Crippen molar-refractivity contribution in [3.63, 3.8) is 0 Å². The Hall–Kier alpha value is -2.67. The van der Waals surface area contributed by atoms with E-state index < -0.39 is 5.41 Å². The third kappa shape index (κ3) is 5.92. The van der Waals surface area contributed by atoms with Crippen LogP contribution in [-0.2, 0) is 4.79 Å². The largest absolute Gasteiger partial charge is 0.497 e. The first kappa shape index (κ1) is 20.6. The van der Waals surface area contributed by atoms with Crippen molar-refractivity contribution < 1.29 is 19.1 Å². The van der Waals surface area contributed by atoms with Crippen molar-refractivity contribution in [1.82, 2.24) is 5.43 Å². The monoisotopic (exact) mass is 432 g/mol. The number of nitrogens with one attached hydrogen (secondary N) is 1. The number of carbonyl (C=O) groups excluding carboxylic acids is 2. The van der Waals surface area contributed by atoms with Gasteiger partial charge in [0.15, 0.2) is 0 Å². The summed E-state index contributed by atoms with van der Waals surface area (Å²) in [5, 5.41) is 3.96. The number of benzene rings is 2. The van der Waals surface area contributed by atoms with Crippen LogP contribution in [0, 0.1) is 5.41 Å².